The number of nitrogens with zero attached hydrogens (tertiary/aromatic N) is 3. The van der Waals surface area contributed by atoms with E-state index in [9.17, 15) is 4.79 Å². The number of benzene rings is 2. The Morgan fingerprint density at radius 3 is 2.68 bits per heavy atom. The molecule has 0 aliphatic carbocycles. The first-order chi connectivity index (χ1) is 15.0. The molecule has 0 aliphatic heterocycles. The Bertz CT molecular complexity index is 1030. The third-order valence-electron chi connectivity index (χ3n) is 4.44. The lowest BCUT2D eigenvalue weighted by molar-refractivity contribution is -0.113. The van der Waals surface area contributed by atoms with Gasteiger partial charge in [0.1, 0.15) is 11.5 Å². The number of anilines is 1. The molecule has 3 aromatic rings. The van der Waals surface area contributed by atoms with E-state index in [0.29, 0.717) is 29.0 Å². The van der Waals surface area contributed by atoms with Crippen LogP contribution in [-0.4, -0.2) is 33.5 Å². The predicted molar refractivity (Wildman–Crippen MR) is 123 cm³/mol. The Kier molecular flexibility index (Phi) is 7.72. The highest BCUT2D eigenvalue weighted by Crippen LogP contribution is 2.27. The lowest BCUT2D eigenvalue weighted by Gasteiger charge is -2.16. The molecule has 1 N–H and O–H groups in total. The molecule has 1 aromatic heterocycles. The van der Waals surface area contributed by atoms with E-state index in [1.54, 1.807) is 13.2 Å². The van der Waals surface area contributed by atoms with Gasteiger partial charge in [-0.25, -0.2) is 0 Å². The Balaban J connectivity index is 1.66. The van der Waals surface area contributed by atoms with E-state index < -0.39 is 0 Å². The molecule has 1 amide bonds. The highest BCUT2D eigenvalue weighted by atomic mass is 32.2. The van der Waals surface area contributed by atoms with Crippen LogP contribution in [0.2, 0.25) is 0 Å². The van der Waals surface area contributed by atoms with Crippen molar-refractivity contribution in [2.45, 2.75) is 31.7 Å². The molecule has 0 saturated heterocycles. The third kappa shape index (κ3) is 6.11. The smallest absolute Gasteiger partial charge is 0.234 e. The molecule has 0 saturated carbocycles. The second-order valence-electron chi connectivity index (χ2n) is 6.88. The molecule has 1 atom stereocenters. The molecule has 31 heavy (non-hydrogen) atoms. The number of carbonyl (C=O) groups is 1. The van der Waals surface area contributed by atoms with Crippen LogP contribution in [0.1, 0.15) is 24.4 Å². The fraction of sp³-hybridized carbons (Fsp3) is 0.261. The van der Waals surface area contributed by atoms with Crippen molar-refractivity contribution in [3.63, 3.8) is 0 Å². The van der Waals surface area contributed by atoms with Crippen molar-refractivity contribution < 1.29 is 14.3 Å². The summed E-state index contributed by atoms with van der Waals surface area (Å²) in [5.41, 5.74) is 1.91. The number of allylic oxidation sites excluding steroid dienone is 1. The Morgan fingerprint density at radius 2 is 1.97 bits per heavy atom. The topological polar surface area (TPSA) is 78.3 Å². The maximum absolute atomic E-state index is 12.3. The number of aryl methyl sites for hydroxylation is 1. The number of rotatable bonds is 10. The minimum absolute atomic E-state index is 0.107. The van der Waals surface area contributed by atoms with E-state index >= 15 is 0 Å². The van der Waals surface area contributed by atoms with Crippen molar-refractivity contribution in [1.29, 1.82) is 0 Å². The average Bonchev–Trinajstić information content (AvgIpc) is 3.17. The summed E-state index contributed by atoms with van der Waals surface area (Å²) in [6, 6.07) is 15.1. The summed E-state index contributed by atoms with van der Waals surface area (Å²) >= 11 is 1.32. The zero-order chi connectivity index (χ0) is 22.2. The second-order valence-corrected chi connectivity index (χ2v) is 7.82. The van der Waals surface area contributed by atoms with Crippen LogP contribution in [0.4, 0.5) is 5.69 Å². The number of aromatic nitrogens is 3. The van der Waals surface area contributed by atoms with Crippen LogP contribution in [0, 0.1) is 6.92 Å². The largest absolute Gasteiger partial charge is 0.497 e. The van der Waals surface area contributed by atoms with Gasteiger partial charge in [-0.15, -0.1) is 16.8 Å². The molecular weight excluding hydrogens is 412 g/mol. The van der Waals surface area contributed by atoms with Crippen LogP contribution in [0.15, 0.2) is 66.3 Å². The molecule has 2 aromatic carbocycles. The fourth-order valence-corrected chi connectivity index (χ4v) is 3.66. The van der Waals surface area contributed by atoms with Gasteiger partial charge in [0.15, 0.2) is 17.1 Å². The molecule has 3 rings (SSSR count). The van der Waals surface area contributed by atoms with Gasteiger partial charge in [0.25, 0.3) is 0 Å². The molecular formula is C23H26N4O3S. The van der Waals surface area contributed by atoms with Crippen molar-refractivity contribution >= 4 is 23.4 Å². The molecule has 0 fully saturated rings. The first-order valence-electron chi connectivity index (χ1n) is 9.84. The summed E-state index contributed by atoms with van der Waals surface area (Å²) in [7, 11) is 1.61. The minimum Gasteiger partial charge on any atom is -0.497 e. The number of methoxy groups -OCH3 is 1. The van der Waals surface area contributed by atoms with E-state index in [4.69, 9.17) is 9.47 Å². The molecule has 7 nitrogen and oxygen atoms in total. The number of ether oxygens (including phenoxy) is 2. The molecule has 0 aliphatic rings. The van der Waals surface area contributed by atoms with Gasteiger partial charge in [0.2, 0.25) is 5.91 Å². The van der Waals surface area contributed by atoms with E-state index in [1.165, 1.54) is 11.8 Å². The van der Waals surface area contributed by atoms with Crippen molar-refractivity contribution in [1.82, 2.24) is 14.8 Å². The zero-order valence-corrected chi connectivity index (χ0v) is 18.7. The van der Waals surface area contributed by atoms with E-state index in [-0.39, 0.29) is 17.8 Å². The van der Waals surface area contributed by atoms with Gasteiger partial charge in [-0.3, -0.25) is 9.36 Å². The van der Waals surface area contributed by atoms with Gasteiger partial charge in [0.05, 0.1) is 12.9 Å². The quantitative estimate of drug-likeness (QED) is 0.367. The Morgan fingerprint density at radius 1 is 1.23 bits per heavy atom. The van der Waals surface area contributed by atoms with Crippen molar-refractivity contribution in [3.8, 4) is 11.5 Å². The first kappa shape index (κ1) is 22.4. The van der Waals surface area contributed by atoms with Crippen molar-refractivity contribution in [3.05, 3.63) is 72.6 Å². The summed E-state index contributed by atoms with van der Waals surface area (Å²) in [5.74, 6) is 2.15. The zero-order valence-electron chi connectivity index (χ0n) is 17.9. The number of thioether (sulfide) groups is 1. The number of amides is 1. The Labute approximate surface area is 186 Å². The van der Waals surface area contributed by atoms with E-state index in [2.05, 4.69) is 22.1 Å². The molecule has 0 radical (unpaired) electrons. The lowest BCUT2D eigenvalue weighted by Crippen LogP contribution is -2.15. The average molecular weight is 439 g/mol. The van der Waals surface area contributed by atoms with Crippen molar-refractivity contribution in [2.75, 3.05) is 18.2 Å². The van der Waals surface area contributed by atoms with Crippen molar-refractivity contribution in [2.24, 2.45) is 0 Å². The molecule has 8 heteroatoms. The maximum atomic E-state index is 12.3. The lowest BCUT2D eigenvalue weighted by atomic mass is 10.2. The minimum atomic E-state index is -0.352. The molecule has 1 unspecified atom stereocenters. The highest BCUT2D eigenvalue weighted by Gasteiger charge is 2.20. The molecule has 162 valence electrons. The third-order valence-corrected chi connectivity index (χ3v) is 5.41. The fourth-order valence-electron chi connectivity index (χ4n) is 2.90. The van der Waals surface area contributed by atoms with Gasteiger partial charge >= 0.3 is 0 Å². The van der Waals surface area contributed by atoms with Gasteiger partial charge in [-0.1, -0.05) is 41.6 Å². The number of nitrogens with one attached hydrogen (secondary N) is 1. The summed E-state index contributed by atoms with van der Waals surface area (Å²) in [5, 5.41) is 12.1. The molecule has 1 heterocycles. The van der Waals surface area contributed by atoms with Crippen LogP contribution < -0.4 is 14.8 Å². The van der Waals surface area contributed by atoms with Gasteiger partial charge < -0.3 is 14.8 Å². The SMILES string of the molecule is C=CCn1c(SCC(=O)Nc2ccc(C)cc2)nnc1C(C)Oc1cccc(OC)c1. The van der Waals surface area contributed by atoms with E-state index in [1.807, 2.05) is 66.9 Å². The Hall–Kier alpha value is -3.26. The number of hydrogen-bond donors (Lipinski definition) is 1. The summed E-state index contributed by atoms with van der Waals surface area (Å²) < 4.78 is 13.2. The second kappa shape index (κ2) is 10.7. The van der Waals surface area contributed by atoms with Crippen LogP contribution in [-0.2, 0) is 11.3 Å². The number of carbonyl (C=O) groups excluding carboxylic acids is 1. The normalized spacial score (nSPS) is 11.6. The summed E-state index contributed by atoms with van der Waals surface area (Å²) in [6.07, 6.45) is 1.41. The number of hydrogen-bond acceptors (Lipinski definition) is 6. The molecule has 0 bridgehead atoms. The predicted octanol–water partition coefficient (Wildman–Crippen LogP) is 4.65. The summed E-state index contributed by atoms with van der Waals surface area (Å²) in [4.78, 5) is 12.3. The summed E-state index contributed by atoms with van der Waals surface area (Å²) in [6.45, 7) is 8.24. The maximum Gasteiger partial charge on any atom is 0.234 e. The van der Waals surface area contributed by atoms with Crippen LogP contribution in [0.25, 0.3) is 0 Å². The highest BCUT2D eigenvalue weighted by molar-refractivity contribution is 7.99. The monoisotopic (exact) mass is 438 g/mol. The first-order valence-corrected chi connectivity index (χ1v) is 10.8. The van der Waals surface area contributed by atoms with Gasteiger partial charge in [0, 0.05) is 18.3 Å². The standard InChI is InChI=1S/C23H26N4O3S/c1-5-13-27-22(17(3)30-20-8-6-7-19(14-20)29-4)25-26-23(27)31-15-21(28)24-18-11-9-16(2)10-12-18/h5-12,14,17H,1,13,15H2,2-4H3,(H,24,28). The molecule has 0 spiro atoms. The van der Waals surface area contributed by atoms with Crippen LogP contribution in [0.3, 0.4) is 0 Å². The van der Waals surface area contributed by atoms with Crippen LogP contribution >= 0.6 is 11.8 Å². The van der Waals surface area contributed by atoms with Gasteiger partial charge in [-0.2, -0.15) is 0 Å². The van der Waals surface area contributed by atoms with Gasteiger partial charge in [-0.05, 0) is 38.1 Å². The van der Waals surface area contributed by atoms with Crippen LogP contribution in [0.5, 0.6) is 11.5 Å². The van der Waals surface area contributed by atoms with E-state index in [0.717, 1.165) is 11.3 Å².